The molecule has 32 heavy (non-hydrogen) atoms. The van der Waals surface area contributed by atoms with Gasteiger partial charge < -0.3 is 19.5 Å². The maximum atomic E-state index is 13.2. The molecule has 0 atom stereocenters. The molecule has 2 heterocycles. The smallest absolute Gasteiger partial charge is 0.257 e. The first-order valence-electron chi connectivity index (χ1n) is 10.8. The summed E-state index contributed by atoms with van der Waals surface area (Å²) >= 11 is 0. The van der Waals surface area contributed by atoms with Crippen molar-refractivity contribution in [1.29, 1.82) is 0 Å². The molecule has 0 unspecified atom stereocenters. The van der Waals surface area contributed by atoms with E-state index in [0.717, 1.165) is 16.9 Å². The summed E-state index contributed by atoms with van der Waals surface area (Å²) in [6.07, 6.45) is 1.26. The second-order valence-electron chi connectivity index (χ2n) is 8.01. The number of aromatic nitrogens is 1. The summed E-state index contributed by atoms with van der Waals surface area (Å²) in [5.41, 5.74) is 2.98. The summed E-state index contributed by atoms with van der Waals surface area (Å²) in [6, 6.07) is 16.7. The molecule has 2 aromatic carbocycles. The normalized spacial score (nSPS) is 14.2. The Morgan fingerprint density at radius 2 is 1.75 bits per heavy atom. The first-order chi connectivity index (χ1) is 15.5. The van der Waals surface area contributed by atoms with E-state index in [0.29, 0.717) is 43.0 Å². The van der Waals surface area contributed by atoms with Crippen LogP contribution in [-0.4, -0.2) is 35.0 Å². The predicted octanol–water partition coefficient (Wildman–Crippen LogP) is 4.36. The van der Waals surface area contributed by atoms with Crippen molar-refractivity contribution >= 4 is 17.5 Å². The zero-order valence-electron chi connectivity index (χ0n) is 18.3. The highest BCUT2D eigenvalue weighted by Gasteiger charge is 2.29. The number of carbonyl (C=O) groups excluding carboxylic acids is 2. The molecule has 4 rings (SSSR count). The van der Waals surface area contributed by atoms with Crippen LogP contribution in [0.3, 0.4) is 0 Å². The van der Waals surface area contributed by atoms with Gasteiger partial charge in [0.05, 0.1) is 16.8 Å². The minimum Gasteiger partial charge on any atom is -0.488 e. The first kappa shape index (κ1) is 21.6. The van der Waals surface area contributed by atoms with Gasteiger partial charge in [-0.05, 0) is 51.0 Å². The molecule has 1 aromatic heterocycles. The number of nitrogens with zero attached hydrogens (tertiary/aromatic N) is 2. The second-order valence-corrected chi connectivity index (χ2v) is 8.01. The lowest BCUT2D eigenvalue weighted by Crippen LogP contribution is -2.41. The Bertz CT molecular complexity index is 1070. The van der Waals surface area contributed by atoms with E-state index in [-0.39, 0.29) is 24.3 Å². The summed E-state index contributed by atoms with van der Waals surface area (Å²) < 4.78 is 11.2. The van der Waals surface area contributed by atoms with E-state index in [2.05, 4.69) is 10.5 Å². The van der Waals surface area contributed by atoms with Gasteiger partial charge >= 0.3 is 0 Å². The summed E-state index contributed by atoms with van der Waals surface area (Å²) in [4.78, 5) is 27.6. The number of anilines is 1. The Labute approximate surface area is 187 Å². The Kier molecular flexibility index (Phi) is 6.54. The van der Waals surface area contributed by atoms with Gasteiger partial charge in [0.2, 0.25) is 5.91 Å². The second kappa shape index (κ2) is 9.68. The number of aryl methyl sites for hydroxylation is 2. The summed E-state index contributed by atoms with van der Waals surface area (Å²) in [5.74, 6) is 1.06. The molecule has 0 aliphatic carbocycles. The van der Waals surface area contributed by atoms with Gasteiger partial charge in [-0.1, -0.05) is 35.5 Å². The number of hydrogen-bond donors (Lipinski definition) is 1. The van der Waals surface area contributed by atoms with Gasteiger partial charge in [0.15, 0.2) is 0 Å². The van der Waals surface area contributed by atoms with Crippen LogP contribution in [0.25, 0.3) is 0 Å². The minimum atomic E-state index is -0.106. The van der Waals surface area contributed by atoms with Crippen LogP contribution in [0.1, 0.15) is 40.2 Å². The van der Waals surface area contributed by atoms with Crippen molar-refractivity contribution in [3.63, 3.8) is 0 Å². The molecular formula is C25H27N3O4. The maximum Gasteiger partial charge on any atom is 0.257 e. The molecule has 3 aromatic rings. The summed E-state index contributed by atoms with van der Waals surface area (Å²) in [6.45, 7) is 5.05. The van der Waals surface area contributed by atoms with Gasteiger partial charge in [0.25, 0.3) is 5.91 Å². The van der Waals surface area contributed by atoms with Gasteiger partial charge in [-0.25, -0.2) is 0 Å². The molecule has 0 saturated carbocycles. The highest BCUT2D eigenvalue weighted by molar-refractivity contribution is 5.97. The fourth-order valence-corrected chi connectivity index (χ4v) is 3.91. The van der Waals surface area contributed by atoms with Gasteiger partial charge in [-0.2, -0.15) is 0 Å². The average molecular weight is 434 g/mol. The van der Waals surface area contributed by atoms with Gasteiger partial charge in [-0.15, -0.1) is 0 Å². The zero-order valence-corrected chi connectivity index (χ0v) is 18.3. The van der Waals surface area contributed by atoms with E-state index in [1.807, 2.05) is 56.3 Å². The molecule has 7 heteroatoms. The number of nitrogens with one attached hydrogen (secondary N) is 1. The molecule has 0 spiro atoms. The first-order valence-corrected chi connectivity index (χ1v) is 10.8. The van der Waals surface area contributed by atoms with Crippen molar-refractivity contribution in [1.82, 2.24) is 10.1 Å². The fourth-order valence-electron chi connectivity index (χ4n) is 3.91. The van der Waals surface area contributed by atoms with Crippen LogP contribution in [0.2, 0.25) is 0 Å². The van der Waals surface area contributed by atoms with E-state index >= 15 is 0 Å². The standard InChI is InChI=1S/C25H27N3O4/c1-17-22(18(2)32-27-17)16-31-23-11-7-6-10-21(23)25(30)28-14-12-19(13-15-28)24(29)26-20-8-4-3-5-9-20/h3-11,19H,12-16H2,1-2H3,(H,26,29). The fraction of sp³-hybridized carbons (Fsp3) is 0.320. The monoisotopic (exact) mass is 433 g/mol. The van der Waals surface area contributed by atoms with E-state index in [4.69, 9.17) is 9.26 Å². The van der Waals surface area contributed by atoms with Crippen LogP contribution in [-0.2, 0) is 11.4 Å². The Hall–Kier alpha value is -3.61. The molecule has 7 nitrogen and oxygen atoms in total. The Morgan fingerprint density at radius 1 is 1.06 bits per heavy atom. The van der Waals surface area contributed by atoms with Crippen LogP contribution in [0.5, 0.6) is 5.75 Å². The number of para-hydroxylation sites is 2. The molecule has 2 amide bonds. The van der Waals surface area contributed by atoms with E-state index < -0.39 is 0 Å². The number of ether oxygens (including phenoxy) is 1. The van der Waals surface area contributed by atoms with Crippen LogP contribution in [0.15, 0.2) is 59.1 Å². The topological polar surface area (TPSA) is 84.7 Å². The summed E-state index contributed by atoms with van der Waals surface area (Å²) in [5, 5.41) is 6.90. The SMILES string of the molecule is Cc1noc(C)c1COc1ccccc1C(=O)N1CCC(C(=O)Nc2ccccc2)CC1. The quantitative estimate of drug-likeness (QED) is 0.624. The average Bonchev–Trinajstić information content (AvgIpc) is 3.15. The highest BCUT2D eigenvalue weighted by atomic mass is 16.5. The lowest BCUT2D eigenvalue weighted by atomic mass is 9.95. The van der Waals surface area contributed by atoms with Gasteiger partial charge in [0.1, 0.15) is 18.1 Å². The van der Waals surface area contributed by atoms with E-state index in [1.54, 1.807) is 17.0 Å². The van der Waals surface area contributed by atoms with Crippen molar-refractivity contribution in [2.75, 3.05) is 18.4 Å². The summed E-state index contributed by atoms with van der Waals surface area (Å²) in [7, 11) is 0. The third-order valence-electron chi connectivity index (χ3n) is 5.86. The Balaban J connectivity index is 1.36. The van der Waals surface area contributed by atoms with Gasteiger partial charge in [0, 0.05) is 24.7 Å². The number of hydrogen-bond acceptors (Lipinski definition) is 5. The van der Waals surface area contributed by atoms with Crippen molar-refractivity contribution < 1.29 is 18.8 Å². The largest absolute Gasteiger partial charge is 0.488 e. The van der Waals surface area contributed by atoms with Crippen molar-refractivity contribution in [2.45, 2.75) is 33.3 Å². The number of rotatable bonds is 6. The molecule has 1 aliphatic rings. The van der Waals surface area contributed by atoms with Crippen LogP contribution >= 0.6 is 0 Å². The Morgan fingerprint density at radius 3 is 2.44 bits per heavy atom. The number of piperidine rings is 1. The number of benzene rings is 2. The molecule has 0 bridgehead atoms. The van der Waals surface area contributed by atoms with Crippen molar-refractivity contribution in [2.24, 2.45) is 5.92 Å². The molecule has 1 aliphatic heterocycles. The van der Waals surface area contributed by atoms with Crippen LogP contribution in [0.4, 0.5) is 5.69 Å². The number of likely N-dealkylation sites (tertiary alicyclic amines) is 1. The molecule has 1 fully saturated rings. The highest BCUT2D eigenvalue weighted by Crippen LogP contribution is 2.26. The molecular weight excluding hydrogens is 406 g/mol. The molecule has 1 N–H and O–H groups in total. The van der Waals surface area contributed by atoms with Gasteiger partial charge in [-0.3, -0.25) is 9.59 Å². The lowest BCUT2D eigenvalue weighted by molar-refractivity contribution is -0.121. The third kappa shape index (κ3) is 4.82. The minimum absolute atomic E-state index is 0.00601. The predicted molar refractivity (Wildman–Crippen MR) is 120 cm³/mol. The third-order valence-corrected chi connectivity index (χ3v) is 5.86. The van der Waals surface area contributed by atoms with E-state index in [9.17, 15) is 9.59 Å². The van der Waals surface area contributed by atoms with Crippen molar-refractivity contribution in [3.05, 3.63) is 77.2 Å². The number of amides is 2. The molecule has 1 saturated heterocycles. The molecule has 166 valence electrons. The van der Waals surface area contributed by atoms with Crippen LogP contribution in [0, 0.1) is 19.8 Å². The molecule has 0 radical (unpaired) electrons. The van der Waals surface area contributed by atoms with Crippen LogP contribution < -0.4 is 10.1 Å². The lowest BCUT2D eigenvalue weighted by Gasteiger charge is -2.31. The number of carbonyl (C=O) groups is 2. The maximum absolute atomic E-state index is 13.2. The van der Waals surface area contributed by atoms with Crippen molar-refractivity contribution in [3.8, 4) is 5.75 Å². The zero-order chi connectivity index (χ0) is 22.5. The van der Waals surface area contributed by atoms with E-state index in [1.165, 1.54) is 0 Å².